The van der Waals surface area contributed by atoms with Gasteiger partial charge in [-0.1, -0.05) is 69.3 Å². The largest absolute Gasteiger partial charge is 0.465 e. The first-order valence-corrected chi connectivity index (χ1v) is 10.7. The third kappa shape index (κ3) is 4.95. The van der Waals surface area contributed by atoms with Crippen LogP contribution in [0.3, 0.4) is 0 Å². The summed E-state index contributed by atoms with van der Waals surface area (Å²) >= 11 is 0. The van der Waals surface area contributed by atoms with E-state index < -0.39 is 0 Å². The van der Waals surface area contributed by atoms with Crippen LogP contribution in [0.4, 0.5) is 0 Å². The highest BCUT2D eigenvalue weighted by molar-refractivity contribution is 5.99. The summed E-state index contributed by atoms with van der Waals surface area (Å²) in [6, 6.07) is 16.1. The minimum absolute atomic E-state index is 0.132. The lowest BCUT2D eigenvalue weighted by atomic mass is 9.69. The zero-order valence-corrected chi connectivity index (χ0v) is 18.0. The van der Waals surface area contributed by atoms with Crippen LogP contribution in [0.2, 0.25) is 0 Å². The van der Waals surface area contributed by atoms with E-state index in [0.29, 0.717) is 18.9 Å². The molecule has 0 fully saturated rings. The van der Waals surface area contributed by atoms with Gasteiger partial charge in [-0.3, -0.25) is 9.59 Å². The molecule has 0 saturated carbocycles. The summed E-state index contributed by atoms with van der Waals surface area (Å²) < 4.78 is 5.64. The van der Waals surface area contributed by atoms with Gasteiger partial charge in [0.2, 0.25) is 0 Å². The monoisotopic (exact) mass is 392 g/mol. The Morgan fingerprint density at radius 2 is 1.76 bits per heavy atom. The number of esters is 1. The fourth-order valence-electron chi connectivity index (χ4n) is 4.22. The Hall–Kier alpha value is -2.42. The van der Waals surface area contributed by atoms with E-state index in [2.05, 4.69) is 32.9 Å². The van der Waals surface area contributed by atoms with Gasteiger partial charge < -0.3 is 4.74 Å². The molecule has 2 atom stereocenters. The molecule has 0 amide bonds. The molecule has 154 valence electrons. The molecule has 0 aliphatic heterocycles. The molecule has 3 heteroatoms. The maximum atomic E-state index is 12.6. The SMILES string of the molecule is CC(C)Cc1ccc(C(C)C(=O)OCCC2(C)CCC(=O)c3ccccc32)cc1. The van der Waals surface area contributed by atoms with Crippen LogP contribution in [0.15, 0.2) is 48.5 Å². The molecule has 2 aromatic carbocycles. The van der Waals surface area contributed by atoms with Crippen molar-refractivity contribution in [3.63, 3.8) is 0 Å². The molecule has 3 nitrogen and oxygen atoms in total. The molecule has 0 aromatic heterocycles. The standard InChI is InChI=1S/C26H32O3/c1-18(2)17-20-9-11-21(12-10-20)19(3)25(28)29-16-15-26(4)14-13-24(27)22-7-5-6-8-23(22)26/h5-12,18-19H,13-17H2,1-4H3. The van der Waals surface area contributed by atoms with Crippen molar-refractivity contribution >= 4 is 11.8 Å². The number of Topliss-reactive ketones (excluding diaryl/α,β-unsaturated/α-hetero) is 1. The average molecular weight is 393 g/mol. The van der Waals surface area contributed by atoms with Crippen LogP contribution in [0.1, 0.15) is 79.9 Å². The highest BCUT2D eigenvalue weighted by atomic mass is 16.5. The van der Waals surface area contributed by atoms with Gasteiger partial charge in [-0.15, -0.1) is 0 Å². The van der Waals surface area contributed by atoms with Crippen LogP contribution in [0, 0.1) is 5.92 Å². The Morgan fingerprint density at radius 1 is 1.07 bits per heavy atom. The number of benzene rings is 2. The smallest absolute Gasteiger partial charge is 0.313 e. The van der Waals surface area contributed by atoms with E-state index in [9.17, 15) is 9.59 Å². The second-order valence-corrected chi connectivity index (χ2v) is 9.01. The van der Waals surface area contributed by atoms with Gasteiger partial charge in [0.25, 0.3) is 0 Å². The van der Waals surface area contributed by atoms with E-state index in [4.69, 9.17) is 4.74 Å². The fraction of sp³-hybridized carbons (Fsp3) is 0.462. The van der Waals surface area contributed by atoms with Gasteiger partial charge >= 0.3 is 5.97 Å². The van der Waals surface area contributed by atoms with E-state index in [1.165, 1.54) is 5.56 Å². The summed E-state index contributed by atoms with van der Waals surface area (Å²) in [5.74, 6) is 0.357. The molecule has 1 aliphatic carbocycles. The molecule has 0 bridgehead atoms. The summed E-state index contributed by atoms with van der Waals surface area (Å²) in [5, 5.41) is 0. The molecule has 2 aromatic rings. The molecular weight excluding hydrogens is 360 g/mol. The maximum Gasteiger partial charge on any atom is 0.313 e. The normalized spacial score (nSPS) is 19.7. The van der Waals surface area contributed by atoms with Crippen molar-refractivity contribution in [3.8, 4) is 0 Å². The van der Waals surface area contributed by atoms with Crippen LogP contribution < -0.4 is 0 Å². The Kier molecular flexibility index (Phi) is 6.56. The second kappa shape index (κ2) is 8.94. The van der Waals surface area contributed by atoms with Crippen LogP contribution in [-0.2, 0) is 21.4 Å². The number of ketones is 1. The van der Waals surface area contributed by atoms with Gasteiger partial charge in [0.1, 0.15) is 0 Å². The fourth-order valence-corrected chi connectivity index (χ4v) is 4.22. The molecule has 29 heavy (non-hydrogen) atoms. The maximum absolute atomic E-state index is 12.6. The van der Waals surface area contributed by atoms with Crippen molar-refractivity contribution in [2.24, 2.45) is 5.92 Å². The highest BCUT2D eigenvalue weighted by Crippen LogP contribution is 2.39. The third-order valence-corrected chi connectivity index (χ3v) is 6.16. The predicted octanol–water partition coefficient (Wildman–Crippen LogP) is 5.86. The van der Waals surface area contributed by atoms with Crippen molar-refractivity contribution in [1.82, 2.24) is 0 Å². The number of rotatable bonds is 7. The lowest BCUT2D eigenvalue weighted by Gasteiger charge is -2.35. The van der Waals surface area contributed by atoms with Gasteiger partial charge in [0, 0.05) is 12.0 Å². The molecule has 0 radical (unpaired) electrons. The first kappa shape index (κ1) is 21.3. The van der Waals surface area contributed by atoms with E-state index in [-0.39, 0.29) is 23.1 Å². The van der Waals surface area contributed by atoms with Crippen LogP contribution in [0.25, 0.3) is 0 Å². The first-order chi connectivity index (χ1) is 13.8. The minimum Gasteiger partial charge on any atom is -0.465 e. The minimum atomic E-state index is -0.281. The Balaban J connectivity index is 1.58. The van der Waals surface area contributed by atoms with Gasteiger partial charge in [-0.05, 0) is 54.2 Å². The van der Waals surface area contributed by atoms with Crippen LogP contribution in [-0.4, -0.2) is 18.4 Å². The number of fused-ring (bicyclic) bond motifs is 1. The van der Waals surface area contributed by atoms with E-state index in [1.54, 1.807) is 0 Å². The number of carbonyl (C=O) groups excluding carboxylic acids is 2. The third-order valence-electron chi connectivity index (χ3n) is 6.16. The molecule has 0 spiro atoms. The van der Waals surface area contributed by atoms with E-state index in [0.717, 1.165) is 36.0 Å². The summed E-state index contributed by atoms with van der Waals surface area (Å²) in [6.07, 6.45) is 3.12. The lowest BCUT2D eigenvalue weighted by Crippen LogP contribution is -2.32. The lowest BCUT2D eigenvalue weighted by molar-refractivity contribution is -0.145. The quantitative estimate of drug-likeness (QED) is 0.555. The number of hydrogen-bond acceptors (Lipinski definition) is 3. The van der Waals surface area contributed by atoms with Gasteiger partial charge in [-0.25, -0.2) is 0 Å². The van der Waals surface area contributed by atoms with Crippen molar-refractivity contribution in [2.75, 3.05) is 6.61 Å². The molecule has 2 unspecified atom stereocenters. The number of carbonyl (C=O) groups is 2. The topological polar surface area (TPSA) is 43.4 Å². The summed E-state index contributed by atoms with van der Waals surface area (Å²) in [6.45, 7) is 8.84. The van der Waals surface area contributed by atoms with Crippen LogP contribution >= 0.6 is 0 Å². The van der Waals surface area contributed by atoms with Crippen molar-refractivity contribution in [1.29, 1.82) is 0 Å². The molecule has 0 N–H and O–H groups in total. The number of hydrogen-bond donors (Lipinski definition) is 0. The first-order valence-electron chi connectivity index (χ1n) is 10.7. The zero-order chi connectivity index (χ0) is 21.0. The highest BCUT2D eigenvalue weighted by Gasteiger charge is 2.35. The average Bonchev–Trinajstić information content (AvgIpc) is 2.71. The summed E-state index contributed by atoms with van der Waals surface area (Å²) in [7, 11) is 0. The predicted molar refractivity (Wildman–Crippen MR) is 116 cm³/mol. The Morgan fingerprint density at radius 3 is 2.45 bits per heavy atom. The van der Waals surface area contributed by atoms with Crippen molar-refractivity contribution in [2.45, 2.75) is 64.7 Å². The van der Waals surface area contributed by atoms with Gasteiger partial charge in [-0.2, -0.15) is 0 Å². The molecule has 0 saturated heterocycles. The van der Waals surface area contributed by atoms with Gasteiger partial charge in [0.05, 0.1) is 12.5 Å². The molecule has 0 heterocycles. The van der Waals surface area contributed by atoms with Gasteiger partial charge in [0.15, 0.2) is 5.78 Å². The van der Waals surface area contributed by atoms with E-state index in [1.807, 2.05) is 43.3 Å². The summed E-state index contributed by atoms with van der Waals surface area (Å²) in [4.78, 5) is 24.8. The zero-order valence-electron chi connectivity index (χ0n) is 18.0. The van der Waals surface area contributed by atoms with E-state index >= 15 is 0 Å². The Bertz CT molecular complexity index is 866. The molecule has 3 rings (SSSR count). The van der Waals surface area contributed by atoms with Crippen molar-refractivity contribution in [3.05, 3.63) is 70.8 Å². The molecular formula is C26H32O3. The second-order valence-electron chi connectivity index (χ2n) is 9.01. The van der Waals surface area contributed by atoms with Crippen molar-refractivity contribution < 1.29 is 14.3 Å². The van der Waals surface area contributed by atoms with Crippen LogP contribution in [0.5, 0.6) is 0 Å². The summed E-state index contributed by atoms with van der Waals surface area (Å²) in [5.41, 5.74) is 4.06. The molecule has 1 aliphatic rings. The Labute approximate surface area is 174 Å². The number of ether oxygens (including phenoxy) is 1.